The number of carbonyl (C=O) groups excluding carboxylic acids is 1. The van der Waals surface area contributed by atoms with Crippen LogP contribution in [0.2, 0.25) is 0 Å². The van der Waals surface area contributed by atoms with Crippen molar-refractivity contribution in [1.82, 2.24) is 25.5 Å². The van der Waals surface area contributed by atoms with Crippen LogP contribution < -0.4 is 0 Å². The molecule has 0 aliphatic carbocycles. The van der Waals surface area contributed by atoms with E-state index in [1.165, 1.54) is 5.56 Å². The van der Waals surface area contributed by atoms with E-state index in [9.17, 15) is 4.79 Å². The minimum absolute atomic E-state index is 0.171. The van der Waals surface area contributed by atoms with E-state index < -0.39 is 0 Å². The van der Waals surface area contributed by atoms with Crippen molar-refractivity contribution in [3.05, 3.63) is 41.7 Å². The summed E-state index contributed by atoms with van der Waals surface area (Å²) >= 11 is 0. The topological polar surface area (TPSA) is 74.8 Å². The number of aromatic nitrogens is 4. The van der Waals surface area contributed by atoms with E-state index in [2.05, 4.69) is 39.7 Å². The van der Waals surface area contributed by atoms with E-state index in [1.807, 2.05) is 23.1 Å². The molecule has 0 saturated carbocycles. The molecule has 6 nitrogen and oxygen atoms in total. The van der Waals surface area contributed by atoms with Crippen LogP contribution in [0.4, 0.5) is 0 Å². The van der Waals surface area contributed by atoms with Gasteiger partial charge in [0.2, 0.25) is 5.91 Å². The zero-order chi connectivity index (χ0) is 15.4. The Bertz CT molecular complexity index is 598. The molecule has 0 spiro atoms. The highest BCUT2D eigenvalue weighted by molar-refractivity contribution is 5.77. The Morgan fingerprint density at radius 2 is 2.14 bits per heavy atom. The molecule has 22 heavy (non-hydrogen) atoms. The fourth-order valence-electron chi connectivity index (χ4n) is 3.10. The van der Waals surface area contributed by atoms with Crippen LogP contribution in [0, 0.1) is 5.92 Å². The lowest BCUT2D eigenvalue weighted by molar-refractivity contribution is -0.136. The van der Waals surface area contributed by atoms with Crippen molar-refractivity contribution in [1.29, 1.82) is 0 Å². The highest BCUT2D eigenvalue weighted by Gasteiger charge is 2.30. The number of tetrazole rings is 1. The van der Waals surface area contributed by atoms with Gasteiger partial charge in [-0.05, 0) is 24.3 Å². The fourth-order valence-corrected chi connectivity index (χ4v) is 3.10. The van der Waals surface area contributed by atoms with Crippen molar-refractivity contribution < 1.29 is 4.79 Å². The van der Waals surface area contributed by atoms with Gasteiger partial charge in [0.25, 0.3) is 0 Å². The predicted molar refractivity (Wildman–Crippen MR) is 81.8 cm³/mol. The van der Waals surface area contributed by atoms with Gasteiger partial charge in [-0.15, -0.1) is 10.2 Å². The standard InChI is InChI=1S/C16H21N5O/c1-12-7-8-14(13-5-3-2-4-6-13)21(11-12)16(22)10-9-15-17-19-20-18-15/h2-6,12,14H,7-11H2,1H3,(H,17,18,19,20). The summed E-state index contributed by atoms with van der Waals surface area (Å²) in [6.45, 7) is 3.03. The molecule has 116 valence electrons. The number of carbonyl (C=O) groups is 1. The third kappa shape index (κ3) is 3.32. The maximum Gasteiger partial charge on any atom is 0.223 e. The van der Waals surface area contributed by atoms with Gasteiger partial charge in [0, 0.05) is 19.4 Å². The number of amides is 1. The molecule has 1 aromatic heterocycles. The average molecular weight is 299 g/mol. The Balaban J connectivity index is 1.70. The van der Waals surface area contributed by atoms with Crippen LogP contribution >= 0.6 is 0 Å². The Morgan fingerprint density at radius 3 is 2.86 bits per heavy atom. The molecule has 1 aromatic carbocycles. The Morgan fingerprint density at radius 1 is 1.32 bits per heavy atom. The largest absolute Gasteiger partial charge is 0.335 e. The Labute approximate surface area is 129 Å². The molecule has 0 radical (unpaired) electrons. The van der Waals surface area contributed by atoms with Crippen LogP contribution in [-0.4, -0.2) is 38.0 Å². The quantitative estimate of drug-likeness (QED) is 0.938. The first kappa shape index (κ1) is 14.7. The maximum atomic E-state index is 12.7. The second-order valence-electron chi connectivity index (χ2n) is 5.98. The number of nitrogens with zero attached hydrogens (tertiary/aromatic N) is 4. The molecule has 1 saturated heterocycles. The highest BCUT2D eigenvalue weighted by Crippen LogP contribution is 2.33. The molecule has 1 aliphatic heterocycles. The molecule has 1 N–H and O–H groups in total. The van der Waals surface area contributed by atoms with E-state index in [0.717, 1.165) is 19.4 Å². The minimum atomic E-state index is 0.171. The monoisotopic (exact) mass is 299 g/mol. The van der Waals surface area contributed by atoms with E-state index in [4.69, 9.17) is 0 Å². The molecule has 6 heteroatoms. The number of nitrogens with one attached hydrogen (secondary N) is 1. The van der Waals surface area contributed by atoms with Crippen molar-refractivity contribution in [2.75, 3.05) is 6.54 Å². The second kappa shape index (κ2) is 6.68. The maximum absolute atomic E-state index is 12.7. The lowest BCUT2D eigenvalue weighted by Crippen LogP contribution is -2.41. The van der Waals surface area contributed by atoms with Gasteiger partial charge in [0.15, 0.2) is 5.82 Å². The first-order chi connectivity index (χ1) is 10.7. The lowest BCUT2D eigenvalue weighted by Gasteiger charge is -2.39. The number of hydrogen-bond acceptors (Lipinski definition) is 4. The predicted octanol–water partition coefficient (Wildman–Crippen LogP) is 2.13. The third-order valence-corrected chi connectivity index (χ3v) is 4.27. The van der Waals surface area contributed by atoms with E-state index in [0.29, 0.717) is 24.6 Å². The van der Waals surface area contributed by atoms with Crippen LogP contribution in [0.15, 0.2) is 30.3 Å². The van der Waals surface area contributed by atoms with Gasteiger partial charge >= 0.3 is 0 Å². The summed E-state index contributed by atoms with van der Waals surface area (Å²) in [5, 5.41) is 13.8. The number of H-pyrrole nitrogens is 1. The average Bonchev–Trinajstić information content (AvgIpc) is 3.07. The third-order valence-electron chi connectivity index (χ3n) is 4.27. The molecule has 2 unspecified atom stereocenters. The van der Waals surface area contributed by atoms with Crippen molar-refractivity contribution >= 4 is 5.91 Å². The Hall–Kier alpha value is -2.24. The molecule has 1 fully saturated rings. The molecule has 3 rings (SSSR count). The van der Waals surface area contributed by atoms with Gasteiger partial charge in [0.1, 0.15) is 0 Å². The molecule has 2 atom stereocenters. The van der Waals surface area contributed by atoms with Gasteiger partial charge in [-0.2, -0.15) is 5.21 Å². The zero-order valence-electron chi connectivity index (χ0n) is 12.8. The van der Waals surface area contributed by atoms with Gasteiger partial charge in [-0.1, -0.05) is 42.5 Å². The van der Waals surface area contributed by atoms with Crippen molar-refractivity contribution in [3.63, 3.8) is 0 Å². The summed E-state index contributed by atoms with van der Waals surface area (Å²) in [5.41, 5.74) is 1.22. The number of piperidine rings is 1. The number of aryl methyl sites for hydroxylation is 1. The van der Waals surface area contributed by atoms with Gasteiger partial charge in [0.05, 0.1) is 6.04 Å². The van der Waals surface area contributed by atoms with E-state index in [1.54, 1.807) is 0 Å². The van der Waals surface area contributed by atoms with Crippen LogP contribution in [-0.2, 0) is 11.2 Å². The van der Waals surface area contributed by atoms with Crippen molar-refractivity contribution in [3.8, 4) is 0 Å². The molecule has 1 amide bonds. The van der Waals surface area contributed by atoms with Crippen molar-refractivity contribution in [2.24, 2.45) is 5.92 Å². The Kier molecular flexibility index (Phi) is 4.46. The van der Waals surface area contributed by atoms with Gasteiger partial charge in [-0.25, -0.2) is 0 Å². The number of rotatable bonds is 4. The second-order valence-corrected chi connectivity index (χ2v) is 5.98. The summed E-state index contributed by atoms with van der Waals surface area (Å²) in [7, 11) is 0. The summed E-state index contributed by atoms with van der Waals surface area (Å²) in [6, 6.07) is 10.5. The van der Waals surface area contributed by atoms with Gasteiger partial charge < -0.3 is 4.90 Å². The summed E-state index contributed by atoms with van der Waals surface area (Å²) in [4.78, 5) is 14.7. The normalized spacial score (nSPS) is 21.8. The SMILES string of the molecule is CC1CCC(c2ccccc2)N(C(=O)CCc2nn[nH]n2)C1. The highest BCUT2D eigenvalue weighted by atomic mass is 16.2. The van der Waals surface area contributed by atoms with E-state index in [-0.39, 0.29) is 11.9 Å². The number of benzene rings is 1. The van der Waals surface area contributed by atoms with Gasteiger partial charge in [-0.3, -0.25) is 4.79 Å². The molecular formula is C16H21N5O. The molecule has 0 bridgehead atoms. The number of aromatic amines is 1. The van der Waals surface area contributed by atoms with Crippen LogP contribution in [0.3, 0.4) is 0 Å². The van der Waals surface area contributed by atoms with Crippen LogP contribution in [0.25, 0.3) is 0 Å². The molecule has 1 aliphatic rings. The summed E-state index contributed by atoms with van der Waals surface area (Å²) in [6.07, 6.45) is 3.14. The molecular weight excluding hydrogens is 278 g/mol. The van der Waals surface area contributed by atoms with Crippen molar-refractivity contribution in [2.45, 2.75) is 38.6 Å². The first-order valence-electron chi connectivity index (χ1n) is 7.81. The first-order valence-corrected chi connectivity index (χ1v) is 7.81. The zero-order valence-corrected chi connectivity index (χ0v) is 12.8. The molecule has 2 aromatic rings. The summed E-state index contributed by atoms with van der Waals surface area (Å²) < 4.78 is 0. The lowest BCUT2D eigenvalue weighted by atomic mass is 9.89. The number of hydrogen-bond donors (Lipinski definition) is 1. The fraction of sp³-hybridized carbons (Fsp3) is 0.500. The smallest absolute Gasteiger partial charge is 0.223 e. The van der Waals surface area contributed by atoms with Crippen LogP contribution in [0.5, 0.6) is 0 Å². The van der Waals surface area contributed by atoms with Crippen LogP contribution in [0.1, 0.15) is 43.6 Å². The number of likely N-dealkylation sites (tertiary alicyclic amines) is 1. The molecule has 2 heterocycles. The van der Waals surface area contributed by atoms with E-state index >= 15 is 0 Å². The summed E-state index contributed by atoms with van der Waals surface area (Å²) in [5.74, 6) is 1.31. The minimum Gasteiger partial charge on any atom is -0.335 e.